The Morgan fingerprint density at radius 1 is 0.288 bits per heavy atom. The largest absolute Gasteiger partial charge is 0.318 e. The Labute approximate surface area is 645 Å². The van der Waals surface area contributed by atoms with Gasteiger partial charge in [0.25, 0.3) is 0 Å². The molecule has 111 heavy (non-hydrogen) atoms. The molecule has 0 saturated heterocycles. The first-order valence-electron chi connectivity index (χ1n) is 38.5. The van der Waals surface area contributed by atoms with Gasteiger partial charge in [-0.2, -0.15) is 10.5 Å². The van der Waals surface area contributed by atoms with E-state index in [1.807, 2.05) is 24.3 Å². The van der Waals surface area contributed by atoms with Crippen LogP contribution in [0, 0.1) is 41.1 Å². The summed E-state index contributed by atoms with van der Waals surface area (Å²) in [6.45, 7) is 10.1. The Morgan fingerprint density at radius 3 is 0.847 bits per heavy atom. The van der Waals surface area contributed by atoms with Gasteiger partial charge < -0.3 is 13.7 Å². The van der Waals surface area contributed by atoms with E-state index in [0.29, 0.717) is 17.1 Å². The van der Waals surface area contributed by atoms with Crippen molar-refractivity contribution in [2.75, 3.05) is 0 Å². The third kappa shape index (κ3) is 11.2. The van der Waals surface area contributed by atoms with E-state index in [-0.39, 0.29) is 28.7 Å². The van der Waals surface area contributed by atoms with E-state index in [0.717, 1.165) is 171 Å². The number of rotatable bonds is 13. The fraction of sp³-hybridized carbons (Fsp3) is 0.0762. The van der Waals surface area contributed by atoms with E-state index in [1.165, 1.54) is 33.4 Å². The van der Waals surface area contributed by atoms with Crippen molar-refractivity contribution in [3.63, 3.8) is 0 Å². The summed E-state index contributed by atoms with van der Waals surface area (Å²) in [7, 11) is 0. The van der Waals surface area contributed by atoms with Crippen LogP contribution in [0.3, 0.4) is 0 Å². The lowest BCUT2D eigenvalue weighted by atomic mass is 9.75. The fourth-order valence-corrected chi connectivity index (χ4v) is 18.3. The van der Waals surface area contributed by atoms with Gasteiger partial charge in [0.1, 0.15) is 12.1 Å². The van der Waals surface area contributed by atoms with Crippen LogP contribution in [0.25, 0.3) is 154 Å². The van der Waals surface area contributed by atoms with Gasteiger partial charge in [0, 0.05) is 44.2 Å². The molecule has 0 fully saturated rings. The second kappa shape index (κ2) is 27.8. The minimum atomic E-state index is 0.0633. The molecule has 0 saturated carbocycles. The highest BCUT2D eigenvalue weighted by atomic mass is 15.1. The van der Waals surface area contributed by atoms with Crippen molar-refractivity contribution in [3.8, 4) is 73.7 Å². The van der Waals surface area contributed by atoms with Crippen LogP contribution in [0.15, 0.2) is 363 Å². The SMILES string of the molecule is [C-]#[N+]c1c(-n2c3ccc(C4=C(c5ccccc5)C=CCC4C4=CCCC=C4)cc3c3cc(C4=C(c5ccccc5)C=CCC4C4=CCCC=C4)ccc32)c(C#N)c(-n2c3ccc(-c4ccccc4)cc3c3cc(-c4ccccc4)ccc32)c(C#N)c1-n1c2ccc(-c3ccccc3)cc2c2cc(-c3ccccc3)ccc21. The van der Waals surface area contributed by atoms with Crippen molar-refractivity contribution in [1.29, 1.82) is 10.5 Å². The molecule has 0 radical (unpaired) electrons. The summed E-state index contributed by atoms with van der Waals surface area (Å²) < 4.78 is 6.55. The second-order valence-electron chi connectivity index (χ2n) is 29.5. The number of allylic oxidation sites excluding steroid dienone is 16. The molecule has 6 heteroatoms. The molecule has 20 rings (SSSR count). The van der Waals surface area contributed by atoms with Gasteiger partial charge >= 0.3 is 0 Å². The van der Waals surface area contributed by atoms with Crippen molar-refractivity contribution >= 4 is 93.4 Å². The molecule has 0 amide bonds. The molecule has 2 atom stereocenters. The molecule has 0 bridgehead atoms. The number of aromatic nitrogens is 3. The topological polar surface area (TPSA) is 66.7 Å². The summed E-state index contributed by atoms with van der Waals surface area (Å²) in [5.41, 5.74) is 26.9. The molecule has 2 unspecified atom stereocenters. The minimum absolute atomic E-state index is 0.0633. The van der Waals surface area contributed by atoms with Crippen LogP contribution in [-0.2, 0) is 0 Å². The molecular weight excluding hydrogens is 1350 g/mol. The van der Waals surface area contributed by atoms with Gasteiger partial charge in [0.15, 0.2) is 0 Å². The molecule has 4 aliphatic rings. The molecule has 16 aromatic rings. The summed E-state index contributed by atoms with van der Waals surface area (Å²) in [5.74, 6) is 0.127. The maximum atomic E-state index is 13.0. The number of fused-ring (bicyclic) bond motifs is 9. The number of hydrogen-bond acceptors (Lipinski definition) is 2. The molecule has 3 aromatic heterocycles. The Balaban J connectivity index is 0.952. The van der Waals surface area contributed by atoms with Crippen LogP contribution in [0.2, 0.25) is 0 Å². The van der Waals surface area contributed by atoms with Crippen molar-refractivity contribution in [3.05, 3.63) is 408 Å². The van der Waals surface area contributed by atoms with Gasteiger partial charge in [-0.25, -0.2) is 4.85 Å². The lowest BCUT2D eigenvalue weighted by Gasteiger charge is -2.29. The summed E-state index contributed by atoms with van der Waals surface area (Å²) in [6, 6.07) is 109. The lowest BCUT2D eigenvalue weighted by Crippen LogP contribution is -2.12. The van der Waals surface area contributed by atoms with E-state index in [2.05, 4.69) is 354 Å². The monoisotopic (exact) mass is 1420 g/mol. The zero-order valence-electron chi connectivity index (χ0n) is 61.1. The van der Waals surface area contributed by atoms with E-state index >= 15 is 0 Å². The maximum absolute atomic E-state index is 13.0. The highest BCUT2D eigenvalue weighted by Crippen LogP contribution is 2.53. The Hall–Kier alpha value is -14.4. The van der Waals surface area contributed by atoms with Crippen LogP contribution in [0.5, 0.6) is 0 Å². The first kappa shape index (κ1) is 66.1. The predicted molar refractivity (Wildman–Crippen MR) is 461 cm³/mol. The van der Waals surface area contributed by atoms with Gasteiger partial charge in [0.05, 0.1) is 67.9 Å². The average Bonchev–Trinajstić information content (AvgIpc) is 1.56. The van der Waals surface area contributed by atoms with Crippen molar-refractivity contribution in [1.82, 2.24) is 13.7 Å². The standard InChI is InChI=1S/C105H72N6/c1-108-102-104(110-96-56-50-78(70-32-14-4-15-33-70)62-88(96)89-63-79(51-57-97(89)110)71-34-16-5-17-35-71)92(66-106)103(109-94-54-48-76(68-28-10-2-11-29-68)60-86(94)87-61-77(49-55-95(87)109)69-30-12-3-13-31-69)93(67-107)105(102)111-98-58-52-80(100-82(72-36-18-6-19-37-72)44-26-45-83(100)73-38-20-7-21-39-73)64-90(98)91-65-81(53-59-99(91)111)101-84(74-40-22-8-23-41-74)46-27-47-85(101)75-42-24-9-25-43-75/h2-6,8,10-20,22-24,26-44,46,48-65,83,85H,7,9,21,25,45,47H2. The van der Waals surface area contributed by atoms with Crippen molar-refractivity contribution < 1.29 is 0 Å². The first-order chi connectivity index (χ1) is 55.0. The minimum Gasteiger partial charge on any atom is -0.318 e. The first-order valence-corrected chi connectivity index (χ1v) is 38.5. The summed E-state index contributed by atoms with van der Waals surface area (Å²) in [4.78, 5) is 4.83. The zero-order chi connectivity index (χ0) is 74.0. The van der Waals surface area contributed by atoms with Crippen LogP contribution in [-0.4, -0.2) is 13.7 Å². The lowest BCUT2D eigenvalue weighted by molar-refractivity contribution is 0.793. The molecule has 4 aliphatic carbocycles. The quantitative estimate of drug-likeness (QED) is 0.108. The molecule has 3 heterocycles. The number of benzene rings is 13. The Bertz CT molecular complexity index is 6330. The smallest absolute Gasteiger partial charge is 0.236 e. The summed E-state index contributed by atoms with van der Waals surface area (Å²) >= 11 is 0. The second-order valence-corrected chi connectivity index (χ2v) is 29.5. The van der Waals surface area contributed by atoms with Gasteiger partial charge in [-0.3, -0.25) is 0 Å². The van der Waals surface area contributed by atoms with Gasteiger partial charge in [0.2, 0.25) is 5.69 Å². The highest BCUT2D eigenvalue weighted by molar-refractivity contribution is 6.18. The zero-order valence-corrected chi connectivity index (χ0v) is 61.1. The molecule has 6 nitrogen and oxygen atoms in total. The third-order valence-corrected chi connectivity index (χ3v) is 23.4. The van der Waals surface area contributed by atoms with Crippen molar-refractivity contribution in [2.24, 2.45) is 11.8 Å². The van der Waals surface area contributed by atoms with Gasteiger partial charge in [-0.15, -0.1) is 0 Å². The molecule has 0 aliphatic heterocycles. The maximum Gasteiger partial charge on any atom is 0.236 e. The van der Waals surface area contributed by atoms with E-state index in [9.17, 15) is 17.1 Å². The predicted octanol–water partition coefficient (Wildman–Crippen LogP) is 27.5. The van der Waals surface area contributed by atoms with Crippen LogP contribution >= 0.6 is 0 Å². The third-order valence-electron chi connectivity index (χ3n) is 23.4. The summed E-state index contributed by atoms with van der Waals surface area (Å²) in [5, 5.41) is 31.6. The molecule has 0 N–H and O–H groups in total. The van der Waals surface area contributed by atoms with Gasteiger partial charge in [-0.1, -0.05) is 279 Å². The number of hydrogen-bond donors (Lipinski definition) is 0. The van der Waals surface area contributed by atoms with Gasteiger partial charge in [-0.05, 0) is 212 Å². The molecule has 522 valence electrons. The fourth-order valence-electron chi connectivity index (χ4n) is 18.3. The molecular formula is C105H72N6. The van der Waals surface area contributed by atoms with E-state index in [4.69, 9.17) is 4.85 Å². The van der Waals surface area contributed by atoms with Crippen LogP contribution in [0.4, 0.5) is 5.69 Å². The van der Waals surface area contributed by atoms with Crippen molar-refractivity contribution in [2.45, 2.75) is 38.5 Å². The van der Waals surface area contributed by atoms with E-state index in [1.54, 1.807) is 0 Å². The average molecular weight is 1420 g/mol. The number of nitrogens with zero attached hydrogens (tertiary/aromatic N) is 6. The highest BCUT2D eigenvalue weighted by Gasteiger charge is 2.35. The van der Waals surface area contributed by atoms with Crippen LogP contribution in [0.1, 0.15) is 71.9 Å². The van der Waals surface area contributed by atoms with Crippen LogP contribution < -0.4 is 0 Å². The molecule has 0 spiro atoms. The number of nitriles is 2. The Kier molecular flexibility index (Phi) is 16.5. The molecule has 13 aromatic carbocycles. The Morgan fingerprint density at radius 2 is 0.568 bits per heavy atom. The summed E-state index contributed by atoms with van der Waals surface area (Å²) in [6.07, 6.45) is 29.2. The van der Waals surface area contributed by atoms with E-state index < -0.39 is 0 Å². The normalized spacial score (nSPS) is 15.6.